The number of aromatic nitrogens is 1. The molecule has 4 nitrogen and oxygen atoms in total. The molecular formula is C40H30N4S. The van der Waals surface area contributed by atoms with E-state index in [2.05, 4.69) is 95.9 Å². The lowest BCUT2D eigenvalue weighted by molar-refractivity contribution is 0.819. The Bertz CT molecular complexity index is 2230. The molecule has 0 radical (unpaired) electrons. The minimum absolute atomic E-state index is 0.0421. The highest BCUT2D eigenvalue weighted by atomic mass is 32.1. The summed E-state index contributed by atoms with van der Waals surface area (Å²) in [4.78, 5) is 5.77. The zero-order chi connectivity index (χ0) is 30.7. The lowest BCUT2D eigenvalue weighted by Crippen LogP contribution is -2.10. The molecule has 3 aliphatic carbocycles. The Morgan fingerprint density at radius 1 is 1.11 bits per heavy atom. The summed E-state index contributed by atoms with van der Waals surface area (Å²) in [6, 6.07) is 17.5. The van der Waals surface area contributed by atoms with Gasteiger partial charge in [0.1, 0.15) is 0 Å². The standard InChI is InChI=1S/C40H30N4S/c1-3-27-20-36(27)39-24(2)44(37-12-5-4-8-35(37)39)31-17-26(22-42)15-29(19-31)28-14-25(21-41)16-30(18-28)32-9-6-10-34-33-11-7-13-43-23-38(33)45-40(32)34/h3,5-7,9-14,16-20,29,36H,1,4,8,15,23H2,2H3. The highest BCUT2D eigenvalue weighted by Crippen LogP contribution is 2.48. The molecule has 8 rings (SSSR count). The molecule has 2 aromatic carbocycles. The van der Waals surface area contributed by atoms with E-state index in [4.69, 9.17) is 0 Å². The van der Waals surface area contributed by atoms with Crippen LogP contribution in [0.15, 0.2) is 95.6 Å². The number of thiophene rings is 1. The maximum Gasteiger partial charge on any atom is 0.0991 e. The SMILES string of the molecule is C=CC1=CC1c1c2c(n(C3=CC(c4cc(C#N)cc(-c5cccc6c7c(sc56)CN=CC=C7)c4)CC(C#N)=C3)c1C)C=CCC2. The number of nitriles is 2. The van der Waals surface area contributed by atoms with Crippen molar-refractivity contribution in [2.45, 2.75) is 44.6 Å². The summed E-state index contributed by atoms with van der Waals surface area (Å²) in [5.41, 5.74) is 13.3. The smallest absolute Gasteiger partial charge is 0.0991 e. The molecule has 0 bridgehead atoms. The van der Waals surface area contributed by atoms with Crippen LogP contribution in [0.1, 0.15) is 68.8 Å². The van der Waals surface area contributed by atoms with Crippen molar-refractivity contribution in [3.63, 3.8) is 0 Å². The van der Waals surface area contributed by atoms with Gasteiger partial charge in [0.15, 0.2) is 0 Å². The van der Waals surface area contributed by atoms with Crippen molar-refractivity contribution < 1.29 is 0 Å². The van der Waals surface area contributed by atoms with E-state index in [1.165, 1.54) is 48.6 Å². The second kappa shape index (κ2) is 10.7. The Balaban J connectivity index is 1.25. The van der Waals surface area contributed by atoms with Gasteiger partial charge in [0, 0.05) is 55.7 Å². The number of allylic oxidation sites excluding steroid dienone is 9. The first-order valence-corrected chi connectivity index (χ1v) is 16.2. The van der Waals surface area contributed by atoms with Crippen LogP contribution >= 0.6 is 11.3 Å². The van der Waals surface area contributed by atoms with Gasteiger partial charge in [0.2, 0.25) is 0 Å². The number of hydrogen-bond donors (Lipinski definition) is 0. The van der Waals surface area contributed by atoms with Crippen LogP contribution < -0.4 is 0 Å². The van der Waals surface area contributed by atoms with E-state index in [-0.39, 0.29) is 5.92 Å². The summed E-state index contributed by atoms with van der Waals surface area (Å²) < 4.78 is 3.56. The number of nitrogens with zero attached hydrogens (tertiary/aromatic N) is 4. The van der Waals surface area contributed by atoms with E-state index in [1.54, 1.807) is 11.3 Å². The quantitative estimate of drug-likeness (QED) is 0.230. The minimum atomic E-state index is -0.0421. The van der Waals surface area contributed by atoms with Crippen molar-refractivity contribution in [3.8, 4) is 23.3 Å². The Labute approximate surface area is 267 Å². The Morgan fingerprint density at radius 3 is 2.84 bits per heavy atom. The van der Waals surface area contributed by atoms with Crippen LogP contribution in [-0.4, -0.2) is 10.8 Å². The van der Waals surface area contributed by atoms with Gasteiger partial charge in [-0.1, -0.05) is 61.2 Å². The normalized spacial score (nSPS) is 19.5. The number of rotatable bonds is 5. The molecule has 0 N–H and O–H groups in total. The van der Waals surface area contributed by atoms with Crippen LogP contribution in [0.3, 0.4) is 0 Å². The third kappa shape index (κ3) is 4.51. The lowest BCUT2D eigenvalue weighted by Gasteiger charge is -2.23. The van der Waals surface area contributed by atoms with E-state index >= 15 is 0 Å². The highest BCUT2D eigenvalue weighted by Gasteiger charge is 2.33. The van der Waals surface area contributed by atoms with Crippen LogP contribution in [-0.2, 0) is 13.0 Å². The van der Waals surface area contributed by atoms with Gasteiger partial charge in [-0.15, -0.1) is 11.3 Å². The molecule has 0 saturated carbocycles. The number of fused-ring (bicyclic) bond motifs is 4. The second-order valence-electron chi connectivity index (χ2n) is 12.1. The monoisotopic (exact) mass is 598 g/mol. The van der Waals surface area contributed by atoms with Gasteiger partial charge in [-0.3, -0.25) is 4.99 Å². The molecule has 0 amide bonds. The van der Waals surface area contributed by atoms with Crippen LogP contribution in [0.25, 0.3) is 39.1 Å². The van der Waals surface area contributed by atoms with Crippen molar-refractivity contribution >= 4 is 45.5 Å². The zero-order valence-corrected chi connectivity index (χ0v) is 25.9. The maximum atomic E-state index is 10.2. The van der Waals surface area contributed by atoms with E-state index in [0.717, 1.165) is 40.8 Å². The molecule has 2 atom stereocenters. The van der Waals surface area contributed by atoms with E-state index in [0.29, 0.717) is 24.4 Å². The Hall–Kier alpha value is -5.23. The maximum absolute atomic E-state index is 10.2. The Morgan fingerprint density at radius 2 is 2.02 bits per heavy atom. The van der Waals surface area contributed by atoms with Gasteiger partial charge in [-0.2, -0.15) is 10.5 Å². The van der Waals surface area contributed by atoms with Gasteiger partial charge in [-0.05, 0) is 95.5 Å². The summed E-state index contributed by atoms with van der Waals surface area (Å²) in [6.07, 6.45) is 21.8. The summed E-state index contributed by atoms with van der Waals surface area (Å²) in [5, 5.41) is 21.5. The molecule has 4 aliphatic rings. The predicted molar refractivity (Wildman–Crippen MR) is 186 cm³/mol. The van der Waals surface area contributed by atoms with Gasteiger partial charge in [0.25, 0.3) is 0 Å². The fourth-order valence-electron chi connectivity index (χ4n) is 7.34. The fraction of sp³-hybridized carbons (Fsp3) is 0.175. The minimum Gasteiger partial charge on any atom is -0.314 e. The second-order valence-corrected chi connectivity index (χ2v) is 13.2. The number of hydrogen-bond acceptors (Lipinski definition) is 4. The molecule has 2 unspecified atom stereocenters. The number of aliphatic imine (C=N–C) groups is 1. The van der Waals surface area contributed by atoms with Crippen LogP contribution in [0.2, 0.25) is 0 Å². The van der Waals surface area contributed by atoms with Crippen molar-refractivity contribution in [1.29, 1.82) is 10.5 Å². The first kappa shape index (κ1) is 27.3. The fourth-order valence-corrected chi connectivity index (χ4v) is 8.60. The first-order valence-electron chi connectivity index (χ1n) is 15.4. The first-order chi connectivity index (χ1) is 22.1. The molecular weight excluding hydrogens is 569 g/mol. The molecule has 5 heteroatoms. The van der Waals surface area contributed by atoms with Crippen molar-refractivity contribution in [1.82, 2.24) is 4.57 Å². The third-order valence-corrected chi connectivity index (χ3v) is 10.7. The van der Waals surface area contributed by atoms with Crippen molar-refractivity contribution in [3.05, 3.63) is 135 Å². The van der Waals surface area contributed by atoms with E-state index in [9.17, 15) is 10.5 Å². The average Bonchev–Trinajstić information content (AvgIpc) is 3.75. The molecule has 4 aromatic rings. The van der Waals surface area contributed by atoms with Crippen LogP contribution in [0, 0.1) is 29.6 Å². The average molecular weight is 599 g/mol. The topological polar surface area (TPSA) is 64.9 Å². The summed E-state index contributed by atoms with van der Waals surface area (Å²) in [5.74, 6) is 0.287. The molecule has 0 fully saturated rings. The molecule has 1 aliphatic heterocycles. The molecule has 3 heterocycles. The van der Waals surface area contributed by atoms with Crippen LogP contribution in [0.5, 0.6) is 0 Å². The lowest BCUT2D eigenvalue weighted by atomic mass is 9.85. The summed E-state index contributed by atoms with van der Waals surface area (Å²) in [6.45, 7) is 6.89. The molecule has 216 valence electrons. The molecule has 0 spiro atoms. The molecule has 0 saturated heterocycles. The highest BCUT2D eigenvalue weighted by molar-refractivity contribution is 7.20. The van der Waals surface area contributed by atoms with Gasteiger partial charge < -0.3 is 4.57 Å². The van der Waals surface area contributed by atoms with E-state index < -0.39 is 0 Å². The van der Waals surface area contributed by atoms with Crippen molar-refractivity contribution in [2.75, 3.05) is 0 Å². The Kier molecular flexibility index (Phi) is 6.52. The van der Waals surface area contributed by atoms with Crippen LogP contribution in [0.4, 0.5) is 0 Å². The third-order valence-electron chi connectivity index (χ3n) is 9.47. The van der Waals surface area contributed by atoms with Gasteiger partial charge >= 0.3 is 0 Å². The summed E-state index contributed by atoms with van der Waals surface area (Å²) in [7, 11) is 0. The van der Waals surface area contributed by atoms with Gasteiger partial charge in [-0.25, -0.2) is 0 Å². The summed E-state index contributed by atoms with van der Waals surface area (Å²) >= 11 is 1.78. The van der Waals surface area contributed by atoms with E-state index in [1.807, 2.05) is 30.5 Å². The van der Waals surface area contributed by atoms with Crippen molar-refractivity contribution in [2.24, 2.45) is 4.99 Å². The zero-order valence-electron chi connectivity index (χ0n) is 25.0. The van der Waals surface area contributed by atoms with Gasteiger partial charge in [0.05, 0.1) is 24.2 Å². The molecule has 2 aromatic heterocycles. The largest absolute Gasteiger partial charge is 0.314 e. The predicted octanol–water partition coefficient (Wildman–Crippen LogP) is 9.79. The molecule has 45 heavy (non-hydrogen) atoms. The number of benzene rings is 2.